The van der Waals surface area contributed by atoms with Gasteiger partial charge in [-0.05, 0) is 48.7 Å². The SMILES string of the molecule is CCOc1cc(/C=C(\C#N)c2ccc(C)cc2)ccc1OCc1ccccc1. The van der Waals surface area contributed by atoms with Gasteiger partial charge in [0.1, 0.15) is 6.61 Å². The number of hydrogen-bond donors (Lipinski definition) is 0. The highest BCUT2D eigenvalue weighted by Gasteiger charge is 2.08. The van der Waals surface area contributed by atoms with Gasteiger partial charge in [-0.1, -0.05) is 66.2 Å². The van der Waals surface area contributed by atoms with Crippen molar-refractivity contribution in [2.24, 2.45) is 0 Å². The third-order valence-electron chi connectivity index (χ3n) is 4.30. The quantitative estimate of drug-likeness (QED) is 0.377. The summed E-state index contributed by atoms with van der Waals surface area (Å²) >= 11 is 0. The van der Waals surface area contributed by atoms with E-state index in [1.807, 2.05) is 92.7 Å². The van der Waals surface area contributed by atoms with Crippen molar-refractivity contribution in [3.63, 3.8) is 0 Å². The Balaban J connectivity index is 1.85. The standard InChI is InChI=1S/C25H23NO2/c1-3-27-25-16-21(15-23(17-26)22-12-9-19(2)10-13-22)11-14-24(25)28-18-20-7-5-4-6-8-20/h4-16H,3,18H2,1-2H3/b23-15+. The van der Waals surface area contributed by atoms with E-state index >= 15 is 0 Å². The molecule has 0 bridgehead atoms. The maximum Gasteiger partial charge on any atom is 0.161 e. The van der Waals surface area contributed by atoms with Gasteiger partial charge in [-0.3, -0.25) is 0 Å². The predicted molar refractivity (Wildman–Crippen MR) is 113 cm³/mol. The first-order valence-electron chi connectivity index (χ1n) is 9.32. The van der Waals surface area contributed by atoms with Crippen LogP contribution in [0.1, 0.15) is 29.2 Å². The highest BCUT2D eigenvalue weighted by atomic mass is 16.5. The van der Waals surface area contributed by atoms with Crippen molar-refractivity contribution in [3.8, 4) is 17.6 Å². The number of benzene rings is 3. The van der Waals surface area contributed by atoms with Crippen molar-refractivity contribution in [1.82, 2.24) is 0 Å². The molecule has 0 aromatic heterocycles. The molecule has 0 saturated carbocycles. The van der Waals surface area contributed by atoms with Crippen LogP contribution in [0.5, 0.6) is 11.5 Å². The summed E-state index contributed by atoms with van der Waals surface area (Å²) in [5.41, 5.74) is 4.67. The zero-order valence-corrected chi connectivity index (χ0v) is 16.2. The molecule has 0 aliphatic rings. The molecule has 0 N–H and O–H groups in total. The third-order valence-corrected chi connectivity index (χ3v) is 4.30. The average molecular weight is 369 g/mol. The fourth-order valence-corrected chi connectivity index (χ4v) is 2.82. The predicted octanol–water partition coefficient (Wildman–Crippen LogP) is 6.04. The number of nitriles is 1. The molecule has 0 aliphatic heterocycles. The second-order valence-corrected chi connectivity index (χ2v) is 6.45. The molecular formula is C25H23NO2. The van der Waals surface area contributed by atoms with Crippen LogP contribution in [-0.2, 0) is 6.61 Å². The molecule has 0 unspecified atom stereocenters. The van der Waals surface area contributed by atoms with Crippen molar-refractivity contribution in [2.75, 3.05) is 6.61 Å². The normalized spacial score (nSPS) is 11.0. The molecule has 0 spiro atoms. The lowest BCUT2D eigenvalue weighted by molar-refractivity contribution is 0.269. The summed E-state index contributed by atoms with van der Waals surface area (Å²) in [4.78, 5) is 0. The molecule has 3 rings (SSSR count). The molecule has 3 nitrogen and oxygen atoms in total. The van der Waals surface area contributed by atoms with Crippen molar-refractivity contribution in [2.45, 2.75) is 20.5 Å². The summed E-state index contributed by atoms with van der Waals surface area (Å²) in [6, 6.07) is 26.0. The smallest absolute Gasteiger partial charge is 0.161 e. The van der Waals surface area contributed by atoms with Gasteiger partial charge in [-0.25, -0.2) is 0 Å². The van der Waals surface area contributed by atoms with Crippen LogP contribution in [0.15, 0.2) is 72.8 Å². The van der Waals surface area contributed by atoms with Crippen LogP contribution in [0.25, 0.3) is 11.6 Å². The third kappa shape index (κ3) is 5.02. The van der Waals surface area contributed by atoms with E-state index in [-0.39, 0.29) is 0 Å². The number of allylic oxidation sites excluding steroid dienone is 1. The largest absolute Gasteiger partial charge is 0.490 e. The van der Waals surface area contributed by atoms with E-state index in [4.69, 9.17) is 9.47 Å². The lowest BCUT2D eigenvalue weighted by Gasteiger charge is -2.13. The Bertz CT molecular complexity index is 983. The first kappa shape index (κ1) is 19.3. The average Bonchev–Trinajstić information content (AvgIpc) is 2.73. The van der Waals surface area contributed by atoms with Gasteiger partial charge in [-0.2, -0.15) is 5.26 Å². The van der Waals surface area contributed by atoms with Gasteiger partial charge in [0.05, 0.1) is 18.2 Å². The molecule has 28 heavy (non-hydrogen) atoms. The summed E-state index contributed by atoms with van der Waals surface area (Å²) in [5, 5.41) is 9.57. The molecule has 0 amide bonds. The Kier molecular flexibility index (Phi) is 6.49. The lowest BCUT2D eigenvalue weighted by Crippen LogP contribution is -2.00. The summed E-state index contributed by atoms with van der Waals surface area (Å²) in [6.45, 7) is 4.99. The van der Waals surface area contributed by atoms with Crippen molar-refractivity contribution in [1.29, 1.82) is 5.26 Å². The molecule has 3 aromatic rings. The Morgan fingerprint density at radius 3 is 2.36 bits per heavy atom. The summed E-state index contributed by atoms with van der Waals surface area (Å²) in [7, 11) is 0. The highest BCUT2D eigenvalue weighted by molar-refractivity contribution is 5.89. The molecule has 0 aliphatic carbocycles. The van der Waals surface area contributed by atoms with Gasteiger partial charge in [0.2, 0.25) is 0 Å². The van der Waals surface area contributed by atoms with Crippen LogP contribution in [0.3, 0.4) is 0 Å². The van der Waals surface area contributed by atoms with Gasteiger partial charge in [0.15, 0.2) is 11.5 Å². The topological polar surface area (TPSA) is 42.2 Å². The van der Waals surface area contributed by atoms with E-state index in [0.717, 1.165) is 16.7 Å². The molecule has 3 aromatic carbocycles. The van der Waals surface area contributed by atoms with Crippen molar-refractivity contribution < 1.29 is 9.47 Å². The van der Waals surface area contributed by atoms with Gasteiger partial charge < -0.3 is 9.47 Å². The van der Waals surface area contributed by atoms with E-state index < -0.39 is 0 Å². The summed E-state index contributed by atoms with van der Waals surface area (Å²) in [6.07, 6.45) is 1.87. The molecule has 140 valence electrons. The maximum absolute atomic E-state index is 9.57. The Labute approximate surface area is 166 Å². The minimum absolute atomic E-state index is 0.475. The number of ether oxygens (including phenoxy) is 2. The monoisotopic (exact) mass is 369 g/mol. The first-order chi connectivity index (χ1) is 13.7. The second kappa shape index (κ2) is 9.43. The fourth-order valence-electron chi connectivity index (χ4n) is 2.82. The van der Waals surface area contributed by atoms with Crippen LogP contribution in [0, 0.1) is 18.3 Å². The van der Waals surface area contributed by atoms with Gasteiger partial charge in [-0.15, -0.1) is 0 Å². The van der Waals surface area contributed by atoms with Gasteiger partial charge >= 0.3 is 0 Å². The van der Waals surface area contributed by atoms with Crippen molar-refractivity contribution in [3.05, 3.63) is 95.1 Å². The van der Waals surface area contributed by atoms with E-state index in [1.165, 1.54) is 5.56 Å². The van der Waals surface area contributed by atoms with E-state index in [0.29, 0.717) is 30.3 Å². The molecule has 3 heteroatoms. The maximum atomic E-state index is 9.57. The van der Waals surface area contributed by atoms with E-state index in [1.54, 1.807) is 0 Å². The van der Waals surface area contributed by atoms with E-state index in [2.05, 4.69) is 6.07 Å². The summed E-state index contributed by atoms with van der Waals surface area (Å²) < 4.78 is 11.7. The molecular weight excluding hydrogens is 346 g/mol. The van der Waals surface area contributed by atoms with Crippen LogP contribution < -0.4 is 9.47 Å². The van der Waals surface area contributed by atoms with Crippen LogP contribution >= 0.6 is 0 Å². The second-order valence-electron chi connectivity index (χ2n) is 6.45. The molecule has 0 heterocycles. The zero-order chi connectivity index (χ0) is 19.8. The van der Waals surface area contributed by atoms with Crippen LogP contribution in [0.4, 0.5) is 0 Å². The highest BCUT2D eigenvalue weighted by Crippen LogP contribution is 2.31. The first-order valence-corrected chi connectivity index (χ1v) is 9.32. The minimum Gasteiger partial charge on any atom is -0.490 e. The molecule has 0 saturated heterocycles. The van der Waals surface area contributed by atoms with Crippen LogP contribution in [-0.4, -0.2) is 6.61 Å². The number of aryl methyl sites for hydroxylation is 1. The molecule has 0 fully saturated rings. The lowest BCUT2D eigenvalue weighted by atomic mass is 10.0. The minimum atomic E-state index is 0.475. The van der Waals surface area contributed by atoms with Gasteiger partial charge in [0, 0.05) is 0 Å². The Hall–Kier alpha value is -3.51. The van der Waals surface area contributed by atoms with Crippen molar-refractivity contribution >= 4 is 11.6 Å². The molecule has 0 radical (unpaired) electrons. The zero-order valence-electron chi connectivity index (χ0n) is 16.2. The summed E-state index contributed by atoms with van der Waals surface area (Å²) in [5.74, 6) is 1.37. The Morgan fingerprint density at radius 1 is 0.929 bits per heavy atom. The van der Waals surface area contributed by atoms with E-state index in [9.17, 15) is 5.26 Å². The number of rotatable bonds is 7. The van der Waals surface area contributed by atoms with Crippen LogP contribution in [0.2, 0.25) is 0 Å². The van der Waals surface area contributed by atoms with Gasteiger partial charge in [0.25, 0.3) is 0 Å². The number of hydrogen-bond acceptors (Lipinski definition) is 3. The number of nitrogens with zero attached hydrogens (tertiary/aromatic N) is 1. The Morgan fingerprint density at radius 2 is 1.68 bits per heavy atom. The fraction of sp³-hybridized carbons (Fsp3) is 0.160. The molecule has 0 atom stereocenters.